The first-order valence-corrected chi connectivity index (χ1v) is 9.79. The molecule has 0 spiro atoms. The Kier molecular flexibility index (Phi) is 8.14. The van der Waals surface area contributed by atoms with Crippen molar-refractivity contribution in [1.82, 2.24) is 10.2 Å². The molecule has 1 atom stereocenters. The summed E-state index contributed by atoms with van der Waals surface area (Å²) < 4.78 is 16.9. The fourth-order valence-electron chi connectivity index (χ4n) is 2.87. The summed E-state index contributed by atoms with van der Waals surface area (Å²) >= 11 is 3.46. The molecular formula is C21H27BrN2O4. The molecule has 0 radical (unpaired) electrons. The van der Waals surface area contributed by atoms with E-state index in [0.29, 0.717) is 34.7 Å². The van der Waals surface area contributed by atoms with Gasteiger partial charge in [-0.25, -0.2) is 0 Å². The van der Waals surface area contributed by atoms with E-state index in [9.17, 15) is 4.79 Å². The van der Waals surface area contributed by atoms with Crippen LogP contribution < -0.4 is 19.5 Å². The molecule has 1 N–H and O–H groups in total. The molecule has 0 saturated heterocycles. The molecule has 1 unspecified atom stereocenters. The molecule has 0 heterocycles. The second kappa shape index (κ2) is 10.3. The summed E-state index contributed by atoms with van der Waals surface area (Å²) in [6, 6.07) is 11.3. The van der Waals surface area contributed by atoms with Gasteiger partial charge in [-0.2, -0.15) is 0 Å². The van der Waals surface area contributed by atoms with Crippen molar-refractivity contribution >= 4 is 21.8 Å². The van der Waals surface area contributed by atoms with Crippen LogP contribution in [0.25, 0.3) is 0 Å². The molecule has 0 aliphatic carbocycles. The molecule has 2 aromatic rings. The molecule has 7 heteroatoms. The van der Waals surface area contributed by atoms with E-state index >= 15 is 0 Å². The SMILES string of the molecule is CCOc1c(Br)cc(C(=O)NCC(c2cccc(OC)c2)N(C)C)cc1OC. The summed E-state index contributed by atoms with van der Waals surface area (Å²) in [7, 11) is 7.15. The van der Waals surface area contributed by atoms with Crippen molar-refractivity contribution in [3.8, 4) is 17.2 Å². The lowest BCUT2D eigenvalue weighted by molar-refractivity contribution is 0.0941. The largest absolute Gasteiger partial charge is 0.497 e. The zero-order chi connectivity index (χ0) is 20.7. The number of carbonyl (C=O) groups excluding carboxylic acids is 1. The Balaban J connectivity index is 2.18. The van der Waals surface area contributed by atoms with E-state index in [1.54, 1.807) is 26.4 Å². The first-order chi connectivity index (χ1) is 13.4. The first kappa shape index (κ1) is 22.0. The summed E-state index contributed by atoms with van der Waals surface area (Å²) in [5.74, 6) is 1.70. The van der Waals surface area contributed by atoms with Gasteiger partial charge in [0.2, 0.25) is 0 Å². The summed E-state index contributed by atoms with van der Waals surface area (Å²) in [4.78, 5) is 14.8. The van der Waals surface area contributed by atoms with Gasteiger partial charge < -0.3 is 24.4 Å². The minimum atomic E-state index is -0.184. The van der Waals surface area contributed by atoms with Gasteiger partial charge in [0.05, 0.1) is 31.3 Å². The van der Waals surface area contributed by atoms with E-state index in [1.807, 2.05) is 45.3 Å². The van der Waals surface area contributed by atoms with Crippen molar-refractivity contribution in [2.45, 2.75) is 13.0 Å². The van der Waals surface area contributed by atoms with E-state index in [4.69, 9.17) is 14.2 Å². The number of ether oxygens (including phenoxy) is 3. The van der Waals surface area contributed by atoms with Crippen LogP contribution in [0.2, 0.25) is 0 Å². The van der Waals surface area contributed by atoms with Crippen molar-refractivity contribution in [3.05, 3.63) is 52.0 Å². The monoisotopic (exact) mass is 450 g/mol. The standard InChI is InChI=1S/C21H27BrN2O4/c1-6-28-20-17(22)11-15(12-19(20)27-5)21(25)23-13-18(24(2)3)14-8-7-9-16(10-14)26-4/h7-12,18H,6,13H2,1-5H3,(H,23,25). The normalized spacial score (nSPS) is 11.8. The highest BCUT2D eigenvalue weighted by Gasteiger charge is 2.19. The Morgan fingerprint density at radius 2 is 1.93 bits per heavy atom. The molecule has 0 aliphatic heterocycles. The number of nitrogens with zero attached hydrogens (tertiary/aromatic N) is 1. The number of benzene rings is 2. The number of likely N-dealkylation sites (N-methyl/N-ethyl adjacent to an activating group) is 1. The van der Waals surface area contributed by atoms with Crippen LogP contribution in [-0.4, -0.2) is 52.3 Å². The van der Waals surface area contributed by atoms with Gasteiger partial charge in [0.15, 0.2) is 11.5 Å². The quantitative estimate of drug-likeness (QED) is 0.627. The smallest absolute Gasteiger partial charge is 0.251 e. The van der Waals surface area contributed by atoms with Gasteiger partial charge in [-0.05, 0) is 66.8 Å². The first-order valence-electron chi connectivity index (χ1n) is 9.00. The average Bonchev–Trinajstić information content (AvgIpc) is 2.69. The zero-order valence-corrected chi connectivity index (χ0v) is 18.5. The van der Waals surface area contributed by atoms with Gasteiger partial charge in [-0.15, -0.1) is 0 Å². The third-order valence-electron chi connectivity index (χ3n) is 4.34. The fourth-order valence-corrected chi connectivity index (χ4v) is 3.43. The molecule has 2 rings (SSSR count). The number of hydrogen-bond acceptors (Lipinski definition) is 5. The number of methoxy groups -OCH3 is 2. The molecule has 0 saturated carbocycles. The van der Waals surface area contributed by atoms with E-state index in [-0.39, 0.29) is 11.9 Å². The molecule has 0 aliphatic rings. The van der Waals surface area contributed by atoms with Crippen LogP contribution in [0.4, 0.5) is 0 Å². The highest BCUT2D eigenvalue weighted by atomic mass is 79.9. The van der Waals surface area contributed by atoms with E-state index in [2.05, 4.69) is 26.1 Å². The van der Waals surface area contributed by atoms with Crippen LogP contribution in [0.5, 0.6) is 17.2 Å². The van der Waals surface area contributed by atoms with Gasteiger partial charge in [0.25, 0.3) is 5.91 Å². The second-order valence-corrected chi connectivity index (χ2v) is 7.24. The van der Waals surface area contributed by atoms with Crippen molar-refractivity contribution < 1.29 is 19.0 Å². The van der Waals surface area contributed by atoms with Gasteiger partial charge >= 0.3 is 0 Å². The van der Waals surface area contributed by atoms with E-state index in [0.717, 1.165) is 11.3 Å². The number of carbonyl (C=O) groups is 1. The maximum atomic E-state index is 12.7. The van der Waals surface area contributed by atoms with Crippen molar-refractivity contribution in [1.29, 1.82) is 0 Å². The van der Waals surface area contributed by atoms with Crippen LogP contribution >= 0.6 is 15.9 Å². The fraction of sp³-hybridized carbons (Fsp3) is 0.381. The molecular weight excluding hydrogens is 424 g/mol. The summed E-state index contributed by atoms with van der Waals surface area (Å²) in [5.41, 5.74) is 1.56. The van der Waals surface area contributed by atoms with Crippen LogP contribution in [0.15, 0.2) is 40.9 Å². The number of halogens is 1. The van der Waals surface area contributed by atoms with Crippen LogP contribution in [0.3, 0.4) is 0 Å². The molecule has 2 aromatic carbocycles. The van der Waals surface area contributed by atoms with Crippen LogP contribution in [0.1, 0.15) is 28.9 Å². The highest BCUT2D eigenvalue weighted by Crippen LogP contribution is 2.36. The lowest BCUT2D eigenvalue weighted by atomic mass is 10.1. The molecule has 152 valence electrons. The number of nitrogens with one attached hydrogen (secondary N) is 1. The minimum absolute atomic E-state index is 0.00656. The molecule has 0 bridgehead atoms. The zero-order valence-electron chi connectivity index (χ0n) is 16.9. The Hall–Kier alpha value is -2.25. The van der Waals surface area contributed by atoms with Gasteiger partial charge in [0, 0.05) is 12.1 Å². The maximum Gasteiger partial charge on any atom is 0.251 e. The van der Waals surface area contributed by atoms with Crippen LogP contribution in [-0.2, 0) is 0 Å². The average molecular weight is 451 g/mol. The topological polar surface area (TPSA) is 60.0 Å². The molecule has 6 nitrogen and oxygen atoms in total. The molecule has 0 aromatic heterocycles. The Bertz CT molecular complexity index is 811. The van der Waals surface area contributed by atoms with Gasteiger partial charge in [-0.1, -0.05) is 12.1 Å². The summed E-state index contributed by atoms with van der Waals surface area (Å²) in [5, 5.41) is 3.01. The van der Waals surface area contributed by atoms with Crippen LogP contribution in [0, 0.1) is 0 Å². The third kappa shape index (κ3) is 5.39. The van der Waals surface area contributed by atoms with Gasteiger partial charge in [-0.3, -0.25) is 4.79 Å². The van der Waals surface area contributed by atoms with Gasteiger partial charge in [0.1, 0.15) is 5.75 Å². The van der Waals surface area contributed by atoms with Crippen molar-refractivity contribution in [2.24, 2.45) is 0 Å². The minimum Gasteiger partial charge on any atom is -0.497 e. The Labute approximate surface area is 174 Å². The van der Waals surface area contributed by atoms with E-state index in [1.165, 1.54) is 0 Å². The summed E-state index contributed by atoms with van der Waals surface area (Å²) in [6.07, 6.45) is 0. The lowest BCUT2D eigenvalue weighted by Gasteiger charge is -2.25. The molecule has 0 fully saturated rings. The highest BCUT2D eigenvalue weighted by molar-refractivity contribution is 9.10. The second-order valence-electron chi connectivity index (χ2n) is 6.39. The molecule has 1 amide bonds. The lowest BCUT2D eigenvalue weighted by Crippen LogP contribution is -2.34. The third-order valence-corrected chi connectivity index (χ3v) is 4.93. The maximum absolute atomic E-state index is 12.7. The Morgan fingerprint density at radius 3 is 2.54 bits per heavy atom. The number of rotatable bonds is 9. The predicted octanol–water partition coefficient (Wildman–Crippen LogP) is 3.90. The van der Waals surface area contributed by atoms with E-state index < -0.39 is 0 Å². The number of hydrogen-bond donors (Lipinski definition) is 1. The van der Waals surface area contributed by atoms with Crippen molar-refractivity contribution in [2.75, 3.05) is 41.5 Å². The number of amides is 1. The summed E-state index contributed by atoms with van der Waals surface area (Å²) in [6.45, 7) is 2.85. The van der Waals surface area contributed by atoms with Crippen molar-refractivity contribution in [3.63, 3.8) is 0 Å². The Morgan fingerprint density at radius 1 is 1.18 bits per heavy atom. The predicted molar refractivity (Wildman–Crippen MR) is 114 cm³/mol. The molecule has 28 heavy (non-hydrogen) atoms.